The van der Waals surface area contributed by atoms with Crippen molar-refractivity contribution in [3.8, 4) is 12.1 Å². The summed E-state index contributed by atoms with van der Waals surface area (Å²) < 4.78 is 13.1. The second-order valence-corrected chi connectivity index (χ2v) is 4.80. The quantitative estimate of drug-likeness (QED) is 0.782. The third kappa shape index (κ3) is 2.25. The van der Waals surface area contributed by atoms with Crippen molar-refractivity contribution in [3.63, 3.8) is 0 Å². The molecule has 1 aromatic carbocycles. The molecule has 0 radical (unpaired) electrons. The van der Waals surface area contributed by atoms with Crippen LogP contribution < -0.4 is 4.90 Å². The van der Waals surface area contributed by atoms with Crippen LogP contribution in [0.15, 0.2) is 18.2 Å². The van der Waals surface area contributed by atoms with E-state index in [4.69, 9.17) is 22.1 Å². The molecule has 0 bridgehead atoms. The summed E-state index contributed by atoms with van der Waals surface area (Å²) >= 11 is 5.74. The fourth-order valence-electron chi connectivity index (χ4n) is 2.08. The summed E-state index contributed by atoms with van der Waals surface area (Å²) in [5, 5.41) is 18.1. The lowest BCUT2D eigenvalue weighted by Crippen LogP contribution is -2.38. The number of anilines is 1. The molecule has 0 saturated carbocycles. The monoisotopic (exact) mass is 263 g/mol. The van der Waals surface area contributed by atoms with Gasteiger partial charge in [0.2, 0.25) is 0 Å². The first kappa shape index (κ1) is 12.7. The van der Waals surface area contributed by atoms with E-state index >= 15 is 0 Å². The molecule has 0 amide bonds. The molecule has 92 valence electrons. The molecule has 1 heterocycles. The number of hydrogen-bond acceptors (Lipinski definition) is 3. The first-order valence-electron chi connectivity index (χ1n) is 5.63. The normalized spacial score (nSPS) is 17.9. The average Bonchev–Trinajstić information content (AvgIpc) is 2.42. The summed E-state index contributed by atoms with van der Waals surface area (Å²) in [6, 6.07) is 8.73. The van der Waals surface area contributed by atoms with Gasteiger partial charge in [-0.05, 0) is 31.0 Å². The van der Waals surface area contributed by atoms with Gasteiger partial charge in [0, 0.05) is 18.8 Å². The van der Waals surface area contributed by atoms with Crippen molar-refractivity contribution >= 4 is 17.3 Å². The van der Waals surface area contributed by atoms with Crippen LogP contribution in [-0.4, -0.2) is 13.1 Å². The molecule has 1 aromatic rings. The van der Waals surface area contributed by atoms with Crippen molar-refractivity contribution in [2.75, 3.05) is 18.0 Å². The molecular formula is C13H11ClFN3. The van der Waals surface area contributed by atoms with E-state index in [0.29, 0.717) is 25.9 Å². The molecule has 3 nitrogen and oxygen atoms in total. The molecule has 5 heteroatoms. The second kappa shape index (κ2) is 4.84. The van der Waals surface area contributed by atoms with Gasteiger partial charge in [0.05, 0.1) is 17.2 Å². The highest BCUT2D eigenvalue weighted by Crippen LogP contribution is 2.33. The Bertz CT molecular complexity index is 520. The average molecular weight is 264 g/mol. The third-order valence-corrected chi connectivity index (χ3v) is 3.60. The summed E-state index contributed by atoms with van der Waals surface area (Å²) in [5.41, 5.74) is -0.0498. The van der Waals surface area contributed by atoms with Gasteiger partial charge < -0.3 is 4.90 Å². The zero-order valence-corrected chi connectivity index (χ0v) is 10.4. The second-order valence-electron chi connectivity index (χ2n) is 4.39. The minimum absolute atomic E-state index is 0.0879. The van der Waals surface area contributed by atoms with Crippen LogP contribution in [0.1, 0.15) is 12.8 Å². The van der Waals surface area contributed by atoms with E-state index < -0.39 is 11.2 Å². The first-order valence-corrected chi connectivity index (χ1v) is 6.00. The summed E-state index contributed by atoms with van der Waals surface area (Å²) in [4.78, 5) is 2.01. The van der Waals surface area contributed by atoms with E-state index in [-0.39, 0.29) is 5.02 Å². The van der Waals surface area contributed by atoms with Gasteiger partial charge in [0.1, 0.15) is 11.2 Å². The maximum atomic E-state index is 13.1. The van der Waals surface area contributed by atoms with E-state index in [9.17, 15) is 4.39 Å². The number of benzene rings is 1. The molecule has 0 N–H and O–H groups in total. The van der Waals surface area contributed by atoms with Gasteiger partial charge in [-0.25, -0.2) is 4.39 Å². The maximum Gasteiger partial charge on any atom is 0.147 e. The smallest absolute Gasteiger partial charge is 0.147 e. The van der Waals surface area contributed by atoms with Crippen molar-refractivity contribution in [2.24, 2.45) is 5.41 Å². The van der Waals surface area contributed by atoms with Crippen LogP contribution >= 0.6 is 11.6 Å². The van der Waals surface area contributed by atoms with Crippen molar-refractivity contribution < 1.29 is 4.39 Å². The van der Waals surface area contributed by atoms with Crippen LogP contribution in [0.4, 0.5) is 10.1 Å². The number of piperidine rings is 1. The van der Waals surface area contributed by atoms with Crippen LogP contribution in [0.2, 0.25) is 5.02 Å². The van der Waals surface area contributed by atoms with Gasteiger partial charge in [0.25, 0.3) is 0 Å². The van der Waals surface area contributed by atoms with Gasteiger partial charge in [-0.2, -0.15) is 10.5 Å². The van der Waals surface area contributed by atoms with Crippen molar-refractivity contribution in [3.05, 3.63) is 29.0 Å². The fourth-order valence-corrected chi connectivity index (χ4v) is 2.25. The molecule has 1 saturated heterocycles. The van der Waals surface area contributed by atoms with Crippen LogP contribution in [0.3, 0.4) is 0 Å². The van der Waals surface area contributed by atoms with Gasteiger partial charge >= 0.3 is 0 Å². The van der Waals surface area contributed by atoms with Crippen molar-refractivity contribution in [1.29, 1.82) is 10.5 Å². The number of nitrogens with zero attached hydrogens (tertiary/aromatic N) is 3. The third-order valence-electron chi connectivity index (χ3n) is 3.31. The molecule has 1 aliphatic heterocycles. The van der Waals surface area contributed by atoms with Gasteiger partial charge in [0.15, 0.2) is 0 Å². The SMILES string of the molecule is N#CC1(C#N)CCN(c2ccc(F)c(Cl)c2)CC1. The Morgan fingerprint density at radius 3 is 2.33 bits per heavy atom. The Labute approximate surface area is 110 Å². The number of hydrogen-bond donors (Lipinski definition) is 0. The van der Waals surface area contributed by atoms with Crippen LogP contribution in [-0.2, 0) is 0 Å². The Hall–Kier alpha value is -1.78. The van der Waals surface area contributed by atoms with Gasteiger partial charge in [-0.3, -0.25) is 0 Å². The summed E-state index contributed by atoms with van der Waals surface area (Å²) in [5.74, 6) is -0.444. The first-order chi connectivity index (χ1) is 8.60. The molecule has 0 aliphatic carbocycles. The largest absolute Gasteiger partial charge is 0.371 e. The Balaban J connectivity index is 2.13. The molecule has 2 rings (SSSR count). The number of nitriles is 2. The zero-order chi connectivity index (χ0) is 13.2. The van der Waals surface area contributed by atoms with Crippen molar-refractivity contribution in [1.82, 2.24) is 0 Å². The van der Waals surface area contributed by atoms with Crippen LogP contribution in [0.5, 0.6) is 0 Å². The van der Waals surface area contributed by atoms with E-state index in [1.165, 1.54) is 6.07 Å². The Morgan fingerprint density at radius 2 is 1.83 bits per heavy atom. The number of halogens is 2. The van der Waals surface area contributed by atoms with E-state index in [0.717, 1.165) is 5.69 Å². The molecule has 0 spiro atoms. The van der Waals surface area contributed by atoms with Gasteiger partial charge in [-0.1, -0.05) is 11.6 Å². The highest BCUT2D eigenvalue weighted by atomic mass is 35.5. The zero-order valence-electron chi connectivity index (χ0n) is 9.66. The number of rotatable bonds is 1. The highest BCUT2D eigenvalue weighted by Gasteiger charge is 2.34. The maximum absolute atomic E-state index is 13.1. The molecule has 18 heavy (non-hydrogen) atoms. The fraction of sp³-hybridized carbons (Fsp3) is 0.385. The lowest BCUT2D eigenvalue weighted by Gasteiger charge is -2.34. The molecule has 0 aromatic heterocycles. The minimum atomic E-state index is -0.875. The molecule has 1 fully saturated rings. The topological polar surface area (TPSA) is 50.8 Å². The minimum Gasteiger partial charge on any atom is -0.371 e. The Morgan fingerprint density at radius 1 is 1.22 bits per heavy atom. The van der Waals surface area contributed by atoms with E-state index in [2.05, 4.69) is 12.1 Å². The molecule has 1 aliphatic rings. The molecule has 0 atom stereocenters. The predicted molar refractivity (Wildman–Crippen MR) is 66.5 cm³/mol. The standard InChI is InChI=1S/C13H11ClFN3/c14-11-7-10(1-2-12(11)15)18-5-3-13(8-16,9-17)4-6-18/h1-2,7H,3-6H2. The van der Waals surface area contributed by atoms with E-state index in [1.54, 1.807) is 12.1 Å². The summed E-state index contributed by atoms with van der Waals surface area (Å²) in [6.45, 7) is 1.20. The van der Waals surface area contributed by atoms with Crippen molar-refractivity contribution in [2.45, 2.75) is 12.8 Å². The summed E-state index contributed by atoms with van der Waals surface area (Å²) in [7, 11) is 0. The highest BCUT2D eigenvalue weighted by molar-refractivity contribution is 6.31. The molecular weight excluding hydrogens is 253 g/mol. The van der Waals surface area contributed by atoms with E-state index in [1.807, 2.05) is 4.90 Å². The van der Waals surface area contributed by atoms with Crippen LogP contribution in [0, 0.1) is 33.9 Å². The lowest BCUT2D eigenvalue weighted by molar-refractivity contribution is 0.393. The van der Waals surface area contributed by atoms with Crippen LogP contribution in [0.25, 0.3) is 0 Å². The van der Waals surface area contributed by atoms with Gasteiger partial charge in [-0.15, -0.1) is 0 Å². The lowest BCUT2D eigenvalue weighted by atomic mass is 9.81. The Kier molecular flexibility index (Phi) is 3.41. The summed E-state index contributed by atoms with van der Waals surface area (Å²) in [6.07, 6.45) is 0.990. The molecule has 0 unspecified atom stereocenters. The predicted octanol–water partition coefficient (Wildman–Crippen LogP) is 3.11.